The summed E-state index contributed by atoms with van der Waals surface area (Å²) in [5.74, 6) is -1.06. The highest BCUT2D eigenvalue weighted by atomic mass is 16.5. The van der Waals surface area contributed by atoms with Crippen LogP contribution in [0.25, 0.3) is 0 Å². The van der Waals surface area contributed by atoms with Crippen molar-refractivity contribution in [1.29, 1.82) is 0 Å². The standard InChI is InChI=1S/C14H20N2O4/c1-4-20-9-8-16(3)14(19)15-11-7-5-6-10(2)12(11)13(17)18/h5-7H,4,8-9H2,1-3H3,(H,15,19)(H,17,18). The average Bonchev–Trinajstić information content (AvgIpc) is 2.38. The highest BCUT2D eigenvalue weighted by Gasteiger charge is 2.16. The predicted octanol–water partition coefficient (Wildman–Crippen LogP) is 2.19. The zero-order valence-corrected chi connectivity index (χ0v) is 12.0. The maximum absolute atomic E-state index is 12.0. The molecule has 0 fully saturated rings. The predicted molar refractivity (Wildman–Crippen MR) is 76.3 cm³/mol. The largest absolute Gasteiger partial charge is 0.478 e. The molecule has 6 heteroatoms. The number of carboxylic acid groups (broad SMARTS) is 1. The molecule has 0 saturated heterocycles. The number of benzene rings is 1. The van der Waals surface area contributed by atoms with Gasteiger partial charge in [-0.2, -0.15) is 0 Å². The molecule has 1 aromatic carbocycles. The van der Waals surface area contributed by atoms with Gasteiger partial charge in [-0.05, 0) is 25.5 Å². The molecule has 1 aromatic rings. The first-order valence-electron chi connectivity index (χ1n) is 6.40. The van der Waals surface area contributed by atoms with Crippen LogP contribution in [0.4, 0.5) is 10.5 Å². The smallest absolute Gasteiger partial charge is 0.338 e. The molecule has 0 bridgehead atoms. The third-order valence-electron chi connectivity index (χ3n) is 2.85. The summed E-state index contributed by atoms with van der Waals surface area (Å²) in [6.07, 6.45) is 0. The summed E-state index contributed by atoms with van der Waals surface area (Å²) >= 11 is 0. The number of carbonyl (C=O) groups excluding carboxylic acids is 1. The molecule has 0 atom stereocenters. The van der Waals surface area contributed by atoms with E-state index in [1.165, 1.54) is 4.90 Å². The molecule has 0 aliphatic heterocycles. The summed E-state index contributed by atoms with van der Waals surface area (Å²) in [5.41, 5.74) is 1.01. The Hall–Kier alpha value is -2.08. The SMILES string of the molecule is CCOCCN(C)C(=O)Nc1cccc(C)c1C(=O)O. The van der Waals surface area contributed by atoms with Crippen molar-refractivity contribution < 1.29 is 19.4 Å². The van der Waals surface area contributed by atoms with Crippen molar-refractivity contribution in [1.82, 2.24) is 4.90 Å². The van der Waals surface area contributed by atoms with Crippen LogP contribution in [0, 0.1) is 6.92 Å². The van der Waals surface area contributed by atoms with Crippen LogP contribution in [0.2, 0.25) is 0 Å². The number of nitrogens with one attached hydrogen (secondary N) is 1. The van der Waals surface area contributed by atoms with Crippen molar-refractivity contribution in [2.75, 3.05) is 32.1 Å². The monoisotopic (exact) mass is 280 g/mol. The van der Waals surface area contributed by atoms with E-state index in [-0.39, 0.29) is 11.6 Å². The van der Waals surface area contributed by atoms with Crippen LogP contribution in [0.5, 0.6) is 0 Å². The number of nitrogens with zero attached hydrogens (tertiary/aromatic N) is 1. The van der Waals surface area contributed by atoms with Gasteiger partial charge in [0, 0.05) is 20.2 Å². The normalized spacial score (nSPS) is 10.2. The molecule has 0 aliphatic rings. The van der Waals surface area contributed by atoms with Gasteiger partial charge in [0.1, 0.15) is 0 Å². The summed E-state index contributed by atoms with van der Waals surface area (Å²) < 4.78 is 5.17. The van der Waals surface area contributed by atoms with Crippen LogP contribution < -0.4 is 5.32 Å². The lowest BCUT2D eigenvalue weighted by molar-refractivity contribution is 0.0697. The van der Waals surface area contributed by atoms with Crippen molar-refractivity contribution in [3.05, 3.63) is 29.3 Å². The average molecular weight is 280 g/mol. The number of urea groups is 1. The third kappa shape index (κ3) is 4.24. The Kier molecular flexibility index (Phi) is 5.99. The molecule has 0 aliphatic carbocycles. The minimum absolute atomic E-state index is 0.110. The quantitative estimate of drug-likeness (QED) is 0.783. The van der Waals surface area contributed by atoms with E-state index in [4.69, 9.17) is 4.74 Å². The van der Waals surface area contributed by atoms with Gasteiger partial charge >= 0.3 is 12.0 Å². The lowest BCUT2D eigenvalue weighted by atomic mass is 10.1. The van der Waals surface area contributed by atoms with Gasteiger partial charge in [0.05, 0.1) is 17.9 Å². The lowest BCUT2D eigenvalue weighted by Gasteiger charge is -2.19. The molecule has 0 aromatic heterocycles. The van der Waals surface area contributed by atoms with Crippen LogP contribution in [0.1, 0.15) is 22.8 Å². The van der Waals surface area contributed by atoms with Gasteiger partial charge in [-0.3, -0.25) is 0 Å². The highest BCUT2D eigenvalue weighted by molar-refractivity contribution is 6.01. The maximum Gasteiger partial charge on any atom is 0.338 e. The minimum atomic E-state index is -1.06. The highest BCUT2D eigenvalue weighted by Crippen LogP contribution is 2.19. The van der Waals surface area contributed by atoms with Crippen LogP contribution in [0.15, 0.2) is 18.2 Å². The Morgan fingerprint density at radius 1 is 1.40 bits per heavy atom. The first-order valence-corrected chi connectivity index (χ1v) is 6.40. The summed E-state index contributed by atoms with van der Waals surface area (Å²) in [5, 5.41) is 11.8. The third-order valence-corrected chi connectivity index (χ3v) is 2.85. The molecule has 0 spiro atoms. The second-order valence-corrected chi connectivity index (χ2v) is 4.35. The summed E-state index contributed by atoms with van der Waals surface area (Å²) in [7, 11) is 1.63. The summed E-state index contributed by atoms with van der Waals surface area (Å²) in [6.45, 7) is 5.05. The zero-order chi connectivity index (χ0) is 15.1. The van der Waals surface area contributed by atoms with E-state index >= 15 is 0 Å². The molecular weight excluding hydrogens is 260 g/mol. The molecule has 0 radical (unpaired) electrons. The molecule has 110 valence electrons. The Labute approximate surface area is 118 Å². The number of carbonyl (C=O) groups is 2. The molecule has 2 N–H and O–H groups in total. The number of hydrogen-bond acceptors (Lipinski definition) is 3. The molecule has 1 rings (SSSR count). The molecule has 0 heterocycles. The van der Waals surface area contributed by atoms with E-state index in [1.807, 2.05) is 6.92 Å². The molecular formula is C14H20N2O4. The zero-order valence-electron chi connectivity index (χ0n) is 12.0. The van der Waals surface area contributed by atoms with Crippen LogP contribution in [-0.2, 0) is 4.74 Å². The number of carboxylic acids is 1. The van der Waals surface area contributed by atoms with Gasteiger partial charge < -0.3 is 20.1 Å². The van der Waals surface area contributed by atoms with E-state index in [0.29, 0.717) is 31.0 Å². The van der Waals surface area contributed by atoms with E-state index in [0.717, 1.165) is 0 Å². The lowest BCUT2D eigenvalue weighted by Crippen LogP contribution is -2.34. The van der Waals surface area contributed by atoms with Crippen LogP contribution >= 0.6 is 0 Å². The first kappa shape index (κ1) is 16.0. The molecule has 6 nitrogen and oxygen atoms in total. The second-order valence-electron chi connectivity index (χ2n) is 4.35. The first-order chi connectivity index (χ1) is 9.47. The molecule has 0 saturated carbocycles. The number of aromatic carboxylic acids is 1. The van der Waals surface area contributed by atoms with Gasteiger partial charge in [0.25, 0.3) is 0 Å². The molecule has 2 amide bonds. The number of aryl methyl sites for hydroxylation is 1. The molecule has 20 heavy (non-hydrogen) atoms. The minimum Gasteiger partial charge on any atom is -0.478 e. The number of likely N-dealkylation sites (N-methyl/N-ethyl adjacent to an activating group) is 1. The fourth-order valence-electron chi connectivity index (χ4n) is 1.71. The fraction of sp³-hybridized carbons (Fsp3) is 0.429. The Morgan fingerprint density at radius 2 is 2.10 bits per heavy atom. The van der Waals surface area contributed by atoms with Crippen molar-refractivity contribution in [2.24, 2.45) is 0 Å². The van der Waals surface area contributed by atoms with Gasteiger partial charge in [-0.1, -0.05) is 12.1 Å². The topological polar surface area (TPSA) is 78.9 Å². The van der Waals surface area contributed by atoms with E-state index in [1.54, 1.807) is 32.2 Å². The van der Waals surface area contributed by atoms with Crippen molar-refractivity contribution in [3.63, 3.8) is 0 Å². The number of anilines is 1. The Balaban J connectivity index is 2.75. The van der Waals surface area contributed by atoms with E-state index < -0.39 is 5.97 Å². The van der Waals surface area contributed by atoms with Gasteiger partial charge in [0.15, 0.2) is 0 Å². The van der Waals surface area contributed by atoms with E-state index in [9.17, 15) is 14.7 Å². The Morgan fingerprint density at radius 3 is 2.70 bits per heavy atom. The van der Waals surface area contributed by atoms with Crippen LogP contribution in [0.3, 0.4) is 0 Å². The maximum atomic E-state index is 12.0. The number of hydrogen-bond donors (Lipinski definition) is 2. The summed E-state index contributed by atoms with van der Waals surface area (Å²) in [6, 6.07) is 4.61. The van der Waals surface area contributed by atoms with Gasteiger partial charge in [0.2, 0.25) is 0 Å². The van der Waals surface area contributed by atoms with Crippen molar-refractivity contribution in [2.45, 2.75) is 13.8 Å². The van der Waals surface area contributed by atoms with E-state index in [2.05, 4.69) is 5.32 Å². The fourth-order valence-corrected chi connectivity index (χ4v) is 1.71. The number of rotatable bonds is 6. The number of ether oxygens (including phenoxy) is 1. The molecule has 0 unspecified atom stereocenters. The van der Waals surface area contributed by atoms with Gasteiger partial charge in [-0.15, -0.1) is 0 Å². The van der Waals surface area contributed by atoms with Crippen molar-refractivity contribution in [3.8, 4) is 0 Å². The Bertz CT molecular complexity index is 488. The summed E-state index contributed by atoms with van der Waals surface area (Å²) in [4.78, 5) is 24.6. The van der Waals surface area contributed by atoms with Crippen LogP contribution in [-0.4, -0.2) is 48.8 Å². The second kappa shape index (κ2) is 7.49. The van der Waals surface area contributed by atoms with Gasteiger partial charge in [-0.25, -0.2) is 9.59 Å². The number of amides is 2. The van der Waals surface area contributed by atoms with Crippen molar-refractivity contribution >= 4 is 17.7 Å².